The topological polar surface area (TPSA) is 62.3 Å². The van der Waals surface area contributed by atoms with Crippen LogP contribution in [0.5, 0.6) is 11.5 Å². The first kappa shape index (κ1) is 12.3. The molecule has 20 heavy (non-hydrogen) atoms. The van der Waals surface area contributed by atoms with Crippen LogP contribution in [0.1, 0.15) is 0 Å². The molecule has 0 spiro atoms. The standard InChI is InChI=1S/C15H15N3O2/c1-19-11-7-10(8-12(9-11)20-2)18-14-6-4-3-5-13(14)17-15(18)16/h3-9H,1-2H3,(H2,16,17). The van der Waals surface area contributed by atoms with E-state index in [9.17, 15) is 0 Å². The smallest absolute Gasteiger partial charge is 0.205 e. The first-order chi connectivity index (χ1) is 9.72. The highest BCUT2D eigenvalue weighted by atomic mass is 16.5. The lowest BCUT2D eigenvalue weighted by Gasteiger charge is -2.11. The Morgan fingerprint density at radius 3 is 2.30 bits per heavy atom. The minimum absolute atomic E-state index is 0.432. The van der Waals surface area contributed by atoms with Crippen molar-refractivity contribution in [3.05, 3.63) is 42.5 Å². The van der Waals surface area contributed by atoms with E-state index in [1.807, 2.05) is 47.0 Å². The molecule has 5 nitrogen and oxygen atoms in total. The lowest BCUT2D eigenvalue weighted by atomic mass is 10.2. The van der Waals surface area contributed by atoms with Gasteiger partial charge in [-0.3, -0.25) is 4.57 Å². The Hall–Kier alpha value is -2.69. The number of anilines is 1. The summed E-state index contributed by atoms with van der Waals surface area (Å²) in [6.45, 7) is 0. The van der Waals surface area contributed by atoms with Gasteiger partial charge in [-0.1, -0.05) is 12.1 Å². The number of imidazole rings is 1. The number of ether oxygens (including phenoxy) is 2. The van der Waals surface area contributed by atoms with Crippen molar-refractivity contribution < 1.29 is 9.47 Å². The van der Waals surface area contributed by atoms with Crippen molar-refractivity contribution >= 4 is 17.0 Å². The third-order valence-electron chi connectivity index (χ3n) is 3.18. The van der Waals surface area contributed by atoms with Crippen LogP contribution in [0, 0.1) is 0 Å². The highest BCUT2D eigenvalue weighted by Gasteiger charge is 2.11. The third kappa shape index (κ3) is 1.93. The molecule has 0 fully saturated rings. The van der Waals surface area contributed by atoms with E-state index in [4.69, 9.17) is 15.2 Å². The molecule has 0 saturated heterocycles. The van der Waals surface area contributed by atoms with Crippen molar-refractivity contribution in [2.45, 2.75) is 0 Å². The van der Waals surface area contributed by atoms with Gasteiger partial charge >= 0.3 is 0 Å². The number of nitrogens with two attached hydrogens (primary N) is 1. The van der Waals surface area contributed by atoms with Crippen molar-refractivity contribution in [2.75, 3.05) is 20.0 Å². The Balaban J connectivity index is 2.27. The molecule has 5 heteroatoms. The van der Waals surface area contributed by atoms with Crippen LogP contribution in [0.15, 0.2) is 42.5 Å². The van der Waals surface area contributed by atoms with Crippen molar-refractivity contribution in [1.82, 2.24) is 9.55 Å². The average Bonchev–Trinajstić information content (AvgIpc) is 2.82. The van der Waals surface area contributed by atoms with Gasteiger partial charge in [0.15, 0.2) is 0 Å². The molecular weight excluding hydrogens is 254 g/mol. The van der Waals surface area contributed by atoms with E-state index in [0.717, 1.165) is 16.7 Å². The predicted octanol–water partition coefficient (Wildman–Crippen LogP) is 2.62. The van der Waals surface area contributed by atoms with Gasteiger partial charge in [-0.2, -0.15) is 0 Å². The SMILES string of the molecule is COc1cc(OC)cc(-n2c(N)nc3ccccc32)c1. The van der Waals surface area contributed by atoms with E-state index in [-0.39, 0.29) is 0 Å². The Labute approximate surface area is 116 Å². The zero-order valence-corrected chi connectivity index (χ0v) is 11.3. The van der Waals surface area contributed by atoms with Crippen LogP contribution in [0.4, 0.5) is 5.95 Å². The number of hydrogen-bond acceptors (Lipinski definition) is 4. The largest absolute Gasteiger partial charge is 0.497 e. The van der Waals surface area contributed by atoms with Crippen LogP contribution >= 0.6 is 0 Å². The molecule has 2 aromatic carbocycles. The van der Waals surface area contributed by atoms with Gasteiger partial charge in [0.1, 0.15) is 11.5 Å². The quantitative estimate of drug-likeness (QED) is 0.794. The first-order valence-electron chi connectivity index (χ1n) is 6.19. The second kappa shape index (κ2) is 4.77. The van der Waals surface area contributed by atoms with Gasteiger partial charge in [-0.05, 0) is 12.1 Å². The molecule has 3 rings (SSSR count). The minimum atomic E-state index is 0.432. The fourth-order valence-corrected chi connectivity index (χ4v) is 2.24. The summed E-state index contributed by atoms with van der Waals surface area (Å²) in [6.07, 6.45) is 0. The zero-order chi connectivity index (χ0) is 14.1. The molecular formula is C15H15N3O2. The molecule has 0 atom stereocenters. The highest BCUT2D eigenvalue weighted by molar-refractivity contribution is 5.81. The number of para-hydroxylation sites is 2. The number of aromatic nitrogens is 2. The molecule has 3 aromatic rings. The van der Waals surface area contributed by atoms with Crippen LogP contribution in [0.2, 0.25) is 0 Å². The van der Waals surface area contributed by atoms with Crippen molar-refractivity contribution in [2.24, 2.45) is 0 Å². The molecule has 0 unspecified atom stereocenters. The molecule has 0 aliphatic heterocycles. The average molecular weight is 269 g/mol. The Kier molecular flexibility index (Phi) is 2.95. The van der Waals surface area contributed by atoms with Gasteiger partial charge in [0.2, 0.25) is 5.95 Å². The normalized spacial score (nSPS) is 10.7. The van der Waals surface area contributed by atoms with Crippen molar-refractivity contribution in [3.63, 3.8) is 0 Å². The van der Waals surface area contributed by atoms with Gasteiger partial charge in [-0.25, -0.2) is 4.98 Å². The van der Waals surface area contributed by atoms with E-state index in [2.05, 4.69) is 4.98 Å². The number of nitrogen functional groups attached to an aromatic ring is 1. The van der Waals surface area contributed by atoms with Crippen molar-refractivity contribution in [1.29, 1.82) is 0 Å². The predicted molar refractivity (Wildman–Crippen MR) is 78.6 cm³/mol. The van der Waals surface area contributed by atoms with E-state index in [1.54, 1.807) is 14.2 Å². The third-order valence-corrected chi connectivity index (χ3v) is 3.18. The molecule has 2 N–H and O–H groups in total. The monoisotopic (exact) mass is 269 g/mol. The number of nitrogens with zero attached hydrogens (tertiary/aromatic N) is 2. The molecule has 0 bridgehead atoms. The molecule has 0 saturated carbocycles. The summed E-state index contributed by atoms with van der Waals surface area (Å²) in [7, 11) is 3.24. The molecule has 1 heterocycles. The van der Waals surface area contributed by atoms with Crippen LogP contribution in [0.25, 0.3) is 16.7 Å². The second-order valence-corrected chi connectivity index (χ2v) is 4.36. The molecule has 0 aliphatic rings. The van der Waals surface area contributed by atoms with Gasteiger partial charge < -0.3 is 15.2 Å². The summed E-state index contributed by atoms with van der Waals surface area (Å²) < 4.78 is 12.5. The highest BCUT2D eigenvalue weighted by Crippen LogP contribution is 2.29. The summed E-state index contributed by atoms with van der Waals surface area (Å²) >= 11 is 0. The molecule has 0 radical (unpaired) electrons. The lowest BCUT2D eigenvalue weighted by molar-refractivity contribution is 0.394. The number of hydrogen-bond donors (Lipinski definition) is 1. The zero-order valence-electron chi connectivity index (χ0n) is 11.3. The van der Waals surface area contributed by atoms with E-state index < -0.39 is 0 Å². The number of methoxy groups -OCH3 is 2. The summed E-state index contributed by atoms with van der Waals surface area (Å²) in [5.74, 6) is 1.84. The Morgan fingerprint density at radius 2 is 1.65 bits per heavy atom. The van der Waals surface area contributed by atoms with Crippen LogP contribution in [-0.4, -0.2) is 23.8 Å². The maximum absolute atomic E-state index is 6.04. The van der Waals surface area contributed by atoms with E-state index in [1.165, 1.54) is 0 Å². The van der Waals surface area contributed by atoms with E-state index in [0.29, 0.717) is 17.4 Å². The van der Waals surface area contributed by atoms with Crippen molar-refractivity contribution in [3.8, 4) is 17.2 Å². The van der Waals surface area contributed by atoms with Crippen LogP contribution in [0.3, 0.4) is 0 Å². The summed E-state index contributed by atoms with van der Waals surface area (Å²) in [5.41, 5.74) is 8.69. The van der Waals surface area contributed by atoms with Gasteiger partial charge in [0.25, 0.3) is 0 Å². The summed E-state index contributed by atoms with van der Waals surface area (Å²) in [4.78, 5) is 4.36. The minimum Gasteiger partial charge on any atom is -0.497 e. The van der Waals surface area contributed by atoms with Crippen LogP contribution < -0.4 is 15.2 Å². The number of rotatable bonds is 3. The maximum atomic E-state index is 6.04. The van der Waals surface area contributed by atoms with E-state index >= 15 is 0 Å². The molecule has 1 aromatic heterocycles. The summed E-state index contributed by atoms with van der Waals surface area (Å²) in [6, 6.07) is 13.4. The molecule has 0 amide bonds. The maximum Gasteiger partial charge on any atom is 0.205 e. The lowest BCUT2D eigenvalue weighted by Crippen LogP contribution is -2.01. The van der Waals surface area contributed by atoms with Gasteiger partial charge in [0.05, 0.1) is 30.9 Å². The first-order valence-corrected chi connectivity index (χ1v) is 6.19. The second-order valence-electron chi connectivity index (χ2n) is 4.36. The molecule has 102 valence electrons. The fourth-order valence-electron chi connectivity index (χ4n) is 2.24. The fraction of sp³-hybridized carbons (Fsp3) is 0.133. The number of benzene rings is 2. The van der Waals surface area contributed by atoms with Gasteiger partial charge in [0, 0.05) is 18.2 Å². The Morgan fingerprint density at radius 1 is 1.00 bits per heavy atom. The number of fused-ring (bicyclic) bond motifs is 1. The van der Waals surface area contributed by atoms with Gasteiger partial charge in [-0.15, -0.1) is 0 Å². The Bertz CT molecular complexity index is 743. The molecule has 0 aliphatic carbocycles. The summed E-state index contributed by atoms with van der Waals surface area (Å²) in [5, 5.41) is 0. The van der Waals surface area contributed by atoms with Crippen LogP contribution in [-0.2, 0) is 0 Å².